The molecule has 2 heterocycles. The Hall–Kier alpha value is -2.80. The van der Waals surface area contributed by atoms with E-state index in [1.165, 1.54) is 0 Å². The number of nitrogens with one attached hydrogen (secondary N) is 3. The summed E-state index contributed by atoms with van der Waals surface area (Å²) >= 11 is 0. The Bertz CT molecular complexity index is 941. The van der Waals surface area contributed by atoms with E-state index >= 15 is 0 Å². The van der Waals surface area contributed by atoms with Gasteiger partial charge in [-0.1, -0.05) is 13.3 Å². The van der Waals surface area contributed by atoms with E-state index < -0.39 is 17.8 Å². The average Bonchev–Trinajstić information content (AvgIpc) is 2.68. The number of aryl methyl sites for hydroxylation is 1. The van der Waals surface area contributed by atoms with Crippen LogP contribution in [0.1, 0.15) is 58.6 Å². The number of rotatable bonds is 10. The highest BCUT2D eigenvalue weighted by atomic mass is 19.1. The quantitative estimate of drug-likeness (QED) is 0.403. The van der Waals surface area contributed by atoms with Crippen molar-refractivity contribution in [2.75, 3.05) is 10.6 Å². The first-order valence-corrected chi connectivity index (χ1v) is 10.7. The molecule has 9 heteroatoms. The highest BCUT2D eigenvalue weighted by Gasteiger charge is 2.24. The van der Waals surface area contributed by atoms with Crippen LogP contribution in [0.5, 0.6) is 0 Å². The van der Waals surface area contributed by atoms with Gasteiger partial charge in [-0.25, -0.2) is 9.37 Å². The van der Waals surface area contributed by atoms with Crippen LogP contribution in [0.3, 0.4) is 0 Å². The van der Waals surface area contributed by atoms with Gasteiger partial charge in [0.1, 0.15) is 6.07 Å². The molecule has 0 aliphatic rings. The minimum atomic E-state index is -1.17. The molecule has 0 fully saturated rings. The van der Waals surface area contributed by atoms with E-state index in [1.54, 1.807) is 12.4 Å². The zero-order chi connectivity index (χ0) is 23.9. The second kappa shape index (κ2) is 11.2. The molecule has 174 valence electrons. The average molecular weight is 445 g/mol. The number of anilines is 3. The number of pyridine rings is 2. The lowest BCUT2D eigenvalue weighted by Gasteiger charge is -2.31. The number of hydrogen-bond donors (Lipinski definition) is 4. The Kier molecular flexibility index (Phi) is 8.89. The van der Waals surface area contributed by atoms with E-state index in [2.05, 4.69) is 25.9 Å². The standard InChI is InChI=1S/C23H33FN6O2/c1-7-8-19(15(3)27-22(31)32-23(4,5)6)29-21-18(24)10-16(11-25)20(30-21)28-17-9-14(2)12-26-13-17/h9-10,12-13,15,19,22,27,31H,7-8H2,1-6H3,(H2,28,29,30)/t15-,19+,22?/m0/s1. The van der Waals surface area contributed by atoms with Crippen LogP contribution in [0.15, 0.2) is 24.5 Å². The van der Waals surface area contributed by atoms with Crippen molar-refractivity contribution in [3.63, 3.8) is 0 Å². The number of aliphatic hydroxyl groups is 1. The van der Waals surface area contributed by atoms with Crippen LogP contribution < -0.4 is 16.0 Å². The second-order valence-corrected chi connectivity index (χ2v) is 8.78. The lowest BCUT2D eigenvalue weighted by atomic mass is 10.0. The van der Waals surface area contributed by atoms with Crippen molar-refractivity contribution in [3.05, 3.63) is 41.5 Å². The van der Waals surface area contributed by atoms with E-state index in [9.17, 15) is 14.8 Å². The lowest BCUT2D eigenvalue weighted by Crippen LogP contribution is -2.49. The minimum Gasteiger partial charge on any atom is -0.363 e. The van der Waals surface area contributed by atoms with E-state index in [1.807, 2.05) is 53.7 Å². The summed E-state index contributed by atoms with van der Waals surface area (Å²) < 4.78 is 20.3. The van der Waals surface area contributed by atoms with E-state index in [0.717, 1.165) is 18.1 Å². The molecule has 0 spiro atoms. The third-order valence-electron chi connectivity index (χ3n) is 4.63. The SMILES string of the molecule is CCC[C@@H](Nc1nc(Nc2cncc(C)c2)c(C#N)cc1F)[C@H](C)NC(O)OC(C)(C)C. The normalized spacial score (nSPS) is 14.3. The molecule has 1 unspecified atom stereocenters. The number of nitrogens with zero attached hydrogens (tertiary/aromatic N) is 3. The van der Waals surface area contributed by atoms with Gasteiger partial charge in [0.2, 0.25) is 6.41 Å². The Morgan fingerprint density at radius 3 is 2.56 bits per heavy atom. The zero-order valence-corrected chi connectivity index (χ0v) is 19.5. The van der Waals surface area contributed by atoms with Crippen LogP contribution in [0.25, 0.3) is 0 Å². The van der Waals surface area contributed by atoms with Gasteiger partial charge >= 0.3 is 0 Å². The molecule has 0 amide bonds. The highest BCUT2D eigenvalue weighted by molar-refractivity contribution is 5.65. The lowest BCUT2D eigenvalue weighted by molar-refractivity contribution is -0.185. The number of ether oxygens (including phenoxy) is 1. The third kappa shape index (κ3) is 7.71. The maximum Gasteiger partial charge on any atom is 0.214 e. The molecule has 3 atom stereocenters. The Labute approximate surface area is 189 Å². The molecule has 2 rings (SSSR count). The fraction of sp³-hybridized carbons (Fsp3) is 0.522. The van der Waals surface area contributed by atoms with E-state index in [0.29, 0.717) is 12.1 Å². The van der Waals surface area contributed by atoms with Crippen molar-refractivity contribution < 1.29 is 14.2 Å². The maximum absolute atomic E-state index is 14.8. The molecule has 0 aliphatic heterocycles. The maximum atomic E-state index is 14.8. The van der Waals surface area contributed by atoms with Crippen molar-refractivity contribution in [1.29, 1.82) is 5.26 Å². The first-order valence-electron chi connectivity index (χ1n) is 10.7. The van der Waals surface area contributed by atoms with Crippen molar-refractivity contribution >= 4 is 17.3 Å². The van der Waals surface area contributed by atoms with Gasteiger partial charge in [0.25, 0.3) is 0 Å². The monoisotopic (exact) mass is 444 g/mol. The molecular formula is C23H33FN6O2. The Balaban J connectivity index is 2.24. The fourth-order valence-corrected chi connectivity index (χ4v) is 3.17. The van der Waals surface area contributed by atoms with Gasteiger partial charge < -0.3 is 20.5 Å². The molecule has 0 aromatic carbocycles. The van der Waals surface area contributed by atoms with Gasteiger partial charge in [-0.05, 0) is 58.7 Å². The molecule has 0 aliphatic carbocycles. The summed E-state index contributed by atoms with van der Waals surface area (Å²) in [7, 11) is 0. The van der Waals surface area contributed by atoms with Crippen LogP contribution in [0.2, 0.25) is 0 Å². The van der Waals surface area contributed by atoms with Gasteiger partial charge in [-0.15, -0.1) is 0 Å². The van der Waals surface area contributed by atoms with Crippen LogP contribution in [-0.2, 0) is 4.74 Å². The zero-order valence-electron chi connectivity index (χ0n) is 19.5. The smallest absolute Gasteiger partial charge is 0.214 e. The summed E-state index contributed by atoms with van der Waals surface area (Å²) in [5.74, 6) is -0.379. The first-order chi connectivity index (χ1) is 15.0. The van der Waals surface area contributed by atoms with E-state index in [4.69, 9.17) is 4.74 Å². The molecule has 0 radical (unpaired) electrons. The second-order valence-electron chi connectivity index (χ2n) is 8.78. The molecule has 2 aromatic rings. The molecule has 4 N–H and O–H groups in total. The van der Waals surface area contributed by atoms with Gasteiger partial charge in [0.05, 0.1) is 23.0 Å². The van der Waals surface area contributed by atoms with E-state index in [-0.39, 0.29) is 29.3 Å². The Morgan fingerprint density at radius 1 is 1.25 bits per heavy atom. The molecule has 2 aromatic heterocycles. The minimum absolute atomic E-state index is 0.0189. The molecule has 32 heavy (non-hydrogen) atoms. The van der Waals surface area contributed by atoms with Crippen LogP contribution in [-0.4, -0.2) is 39.2 Å². The fourth-order valence-electron chi connectivity index (χ4n) is 3.17. The van der Waals surface area contributed by atoms with Crippen molar-refractivity contribution in [1.82, 2.24) is 15.3 Å². The van der Waals surface area contributed by atoms with Gasteiger partial charge in [0, 0.05) is 18.3 Å². The van der Waals surface area contributed by atoms with Crippen LogP contribution in [0, 0.1) is 24.1 Å². The first kappa shape index (κ1) is 25.5. The van der Waals surface area contributed by atoms with Crippen molar-refractivity contribution in [2.45, 2.75) is 78.5 Å². The summed E-state index contributed by atoms with van der Waals surface area (Å²) in [6.07, 6.45) is 3.67. The number of aromatic nitrogens is 2. The summed E-state index contributed by atoms with van der Waals surface area (Å²) in [5, 5.41) is 28.8. The summed E-state index contributed by atoms with van der Waals surface area (Å²) in [4.78, 5) is 8.46. The van der Waals surface area contributed by atoms with Gasteiger partial charge in [-0.2, -0.15) is 5.26 Å². The van der Waals surface area contributed by atoms with Crippen LogP contribution >= 0.6 is 0 Å². The van der Waals surface area contributed by atoms with Gasteiger partial charge in [0.15, 0.2) is 17.5 Å². The number of nitriles is 1. The van der Waals surface area contributed by atoms with Crippen molar-refractivity contribution in [3.8, 4) is 6.07 Å². The molecular weight excluding hydrogens is 411 g/mol. The van der Waals surface area contributed by atoms with Crippen LogP contribution in [0.4, 0.5) is 21.7 Å². The summed E-state index contributed by atoms with van der Waals surface area (Å²) in [6.45, 7) is 11.3. The van der Waals surface area contributed by atoms with Crippen molar-refractivity contribution in [2.24, 2.45) is 0 Å². The third-order valence-corrected chi connectivity index (χ3v) is 4.63. The molecule has 8 nitrogen and oxygen atoms in total. The number of halogens is 1. The largest absolute Gasteiger partial charge is 0.363 e. The Morgan fingerprint density at radius 2 is 1.97 bits per heavy atom. The predicted molar refractivity (Wildman–Crippen MR) is 123 cm³/mol. The summed E-state index contributed by atoms with van der Waals surface area (Å²) in [6, 6.07) is 4.47. The topological polar surface area (TPSA) is 115 Å². The molecule has 0 saturated carbocycles. The molecule has 0 saturated heterocycles. The number of hydrogen-bond acceptors (Lipinski definition) is 8. The van der Waals surface area contributed by atoms with Gasteiger partial charge in [-0.3, -0.25) is 10.3 Å². The predicted octanol–water partition coefficient (Wildman–Crippen LogP) is 4.19. The molecule has 0 bridgehead atoms. The summed E-state index contributed by atoms with van der Waals surface area (Å²) in [5.41, 5.74) is 1.15. The highest BCUT2D eigenvalue weighted by Crippen LogP contribution is 2.25. The number of aliphatic hydroxyl groups excluding tert-OH is 1.